The lowest BCUT2D eigenvalue weighted by Gasteiger charge is -2.20. The SMILES string of the molecule is COCC(N)C(=O)N(C)Cc1sccc1C.Cl. The molecule has 1 heterocycles. The van der Waals surface area contributed by atoms with E-state index in [2.05, 4.69) is 0 Å². The molecule has 0 aliphatic heterocycles. The van der Waals surface area contributed by atoms with Crippen LogP contribution in [0.3, 0.4) is 0 Å². The molecule has 1 rings (SSSR count). The van der Waals surface area contributed by atoms with Gasteiger partial charge in [0.05, 0.1) is 13.2 Å². The first-order valence-corrected chi connectivity index (χ1v) is 5.96. The maximum absolute atomic E-state index is 11.8. The van der Waals surface area contributed by atoms with Gasteiger partial charge in [-0.25, -0.2) is 0 Å². The zero-order chi connectivity index (χ0) is 12.1. The maximum Gasteiger partial charge on any atom is 0.241 e. The number of carbonyl (C=O) groups is 1. The molecule has 0 saturated carbocycles. The van der Waals surface area contributed by atoms with E-state index in [1.165, 1.54) is 17.6 Å². The summed E-state index contributed by atoms with van der Waals surface area (Å²) in [4.78, 5) is 14.6. The van der Waals surface area contributed by atoms with Crippen molar-refractivity contribution in [2.75, 3.05) is 20.8 Å². The third-order valence-corrected chi connectivity index (χ3v) is 3.40. The average Bonchev–Trinajstić information content (AvgIpc) is 2.63. The summed E-state index contributed by atoms with van der Waals surface area (Å²) < 4.78 is 4.86. The topological polar surface area (TPSA) is 55.6 Å². The molecule has 0 aromatic carbocycles. The predicted molar refractivity (Wildman–Crippen MR) is 72.6 cm³/mol. The van der Waals surface area contributed by atoms with E-state index in [1.54, 1.807) is 23.3 Å². The summed E-state index contributed by atoms with van der Waals surface area (Å²) in [5, 5.41) is 2.03. The number of nitrogens with two attached hydrogens (primary N) is 1. The quantitative estimate of drug-likeness (QED) is 0.886. The van der Waals surface area contributed by atoms with E-state index in [0.29, 0.717) is 6.54 Å². The summed E-state index contributed by atoms with van der Waals surface area (Å²) in [5.74, 6) is -0.0883. The molecule has 0 fully saturated rings. The molecule has 1 aromatic rings. The molecular weight excluding hydrogens is 260 g/mol. The lowest BCUT2D eigenvalue weighted by atomic mass is 10.2. The van der Waals surface area contributed by atoms with Gasteiger partial charge in [0.2, 0.25) is 5.91 Å². The third-order valence-electron chi connectivity index (χ3n) is 2.39. The fourth-order valence-electron chi connectivity index (χ4n) is 1.39. The molecule has 1 atom stereocenters. The maximum atomic E-state index is 11.8. The highest BCUT2D eigenvalue weighted by molar-refractivity contribution is 7.10. The Bertz CT molecular complexity index is 357. The van der Waals surface area contributed by atoms with Gasteiger partial charge in [0.1, 0.15) is 6.04 Å². The molecule has 0 spiro atoms. The van der Waals surface area contributed by atoms with E-state index >= 15 is 0 Å². The minimum absolute atomic E-state index is 0. The van der Waals surface area contributed by atoms with Gasteiger partial charge in [0.25, 0.3) is 0 Å². The van der Waals surface area contributed by atoms with Crippen molar-refractivity contribution in [1.82, 2.24) is 4.90 Å². The summed E-state index contributed by atoms with van der Waals surface area (Å²) in [7, 11) is 3.30. The van der Waals surface area contributed by atoms with Gasteiger partial charge in [-0.1, -0.05) is 0 Å². The zero-order valence-corrected chi connectivity index (χ0v) is 11.9. The Morgan fingerprint density at radius 1 is 1.65 bits per heavy atom. The van der Waals surface area contributed by atoms with Gasteiger partial charge in [0.15, 0.2) is 0 Å². The molecular formula is C11H19ClN2O2S. The number of hydrogen-bond donors (Lipinski definition) is 1. The Morgan fingerprint density at radius 2 is 2.29 bits per heavy atom. The number of thiophene rings is 1. The average molecular weight is 279 g/mol. The molecule has 98 valence electrons. The first-order chi connectivity index (χ1) is 7.56. The van der Waals surface area contributed by atoms with Gasteiger partial charge in [-0.2, -0.15) is 0 Å². The molecule has 0 radical (unpaired) electrons. The first kappa shape index (κ1) is 16.4. The second-order valence-electron chi connectivity index (χ2n) is 3.78. The van der Waals surface area contributed by atoms with Crippen molar-refractivity contribution in [1.29, 1.82) is 0 Å². The smallest absolute Gasteiger partial charge is 0.241 e. The van der Waals surface area contributed by atoms with Crippen LogP contribution in [-0.4, -0.2) is 37.6 Å². The van der Waals surface area contributed by atoms with Crippen LogP contribution in [-0.2, 0) is 16.1 Å². The first-order valence-electron chi connectivity index (χ1n) is 5.08. The molecule has 0 saturated heterocycles. The van der Waals surface area contributed by atoms with Crippen LogP contribution in [0.2, 0.25) is 0 Å². The Morgan fingerprint density at radius 3 is 2.76 bits per heavy atom. The molecule has 0 aliphatic carbocycles. The molecule has 1 amide bonds. The third kappa shape index (κ3) is 4.63. The zero-order valence-electron chi connectivity index (χ0n) is 10.3. The second-order valence-corrected chi connectivity index (χ2v) is 4.78. The van der Waals surface area contributed by atoms with Crippen LogP contribution >= 0.6 is 23.7 Å². The normalized spacial score (nSPS) is 11.8. The summed E-state index contributed by atoms with van der Waals surface area (Å²) in [5.41, 5.74) is 6.90. The number of rotatable bonds is 5. The number of methoxy groups -OCH3 is 1. The Kier molecular flexibility index (Phi) is 7.38. The number of amides is 1. The Balaban J connectivity index is 0.00000256. The highest BCUT2D eigenvalue weighted by Crippen LogP contribution is 2.17. The van der Waals surface area contributed by atoms with Crippen molar-refractivity contribution < 1.29 is 9.53 Å². The summed E-state index contributed by atoms with van der Waals surface area (Å²) in [6.07, 6.45) is 0. The van der Waals surface area contributed by atoms with Crippen LogP contribution in [0.1, 0.15) is 10.4 Å². The van der Waals surface area contributed by atoms with E-state index in [1.807, 2.05) is 18.4 Å². The van der Waals surface area contributed by atoms with Gasteiger partial charge >= 0.3 is 0 Å². The van der Waals surface area contributed by atoms with Crippen molar-refractivity contribution in [2.45, 2.75) is 19.5 Å². The highest BCUT2D eigenvalue weighted by Gasteiger charge is 2.18. The van der Waals surface area contributed by atoms with Gasteiger partial charge in [-0.3, -0.25) is 4.79 Å². The highest BCUT2D eigenvalue weighted by atomic mass is 35.5. The molecule has 0 bridgehead atoms. The van der Waals surface area contributed by atoms with Crippen molar-refractivity contribution in [2.24, 2.45) is 5.73 Å². The number of ether oxygens (including phenoxy) is 1. The summed E-state index contributed by atoms with van der Waals surface area (Å²) >= 11 is 1.65. The number of halogens is 1. The summed E-state index contributed by atoms with van der Waals surface area (Å²) in [6.45, 7) is 2.91. The van der Waals surface area contributed by atoms with Crippen LogP contribution in [0, 0.1) is 6.92 Å². The van der Waals surface area contributed by atoms with Crippen LogP contribution < -0.4 is 5.73 Å². The van der Waals surface area contributed by atoms with Crippen LogP contribution in [0.4, 0.5) is 0 Å². The minimum Gasteiger partial charge on any atom is -0.383 e. The molecule has 0 aliphatic rings. The van der Waals surface area contributed by atoms with Crippen molar-refractivity contribution in [3.05, 3.63) is 21.9 Å². The van der Waals surface area contributed by atoms with Crippen molar-refractivity contribution in [3.63, 3.8) is 0 Å². The summed E-state index contributed by atoms with van der Waals surface area (Å²) in [6, 6.07) is 1.48. The number of hydrogen-bond acceptors (Lipinski definition) is 4. The van der Waals surface area contributed by atoms with Crippen molar-refractivity contribution in [3.8, 4) is 0 Å². The lowest BCUT2D eigenvalue weighted by Crippen LogP contribution is -2.44. The fourth-order valence-corrected chi connectivity index (χ4v) is 2.35. The van der Waals surface area contributed by atoms with E-state index in [-0.39, 0.29) is 24.9 Å². The fraction of sp³-hybridized carbons (Fsp3) is 0.545. The second kappa shape index (κ2) is 7.66. The molecule has 1 aromatic heterocycles. The largest absolute Gasteiger partial charge is 0.383 e. The lowest BCUT2D eigenvalue weighted by molar-refractivity contribution is -0.132. The molecule has 2 N–H and O–H groups in total. The Labute approximate surface area is 112 Å². The number of nitrogens with zero attached hydrogens (tertiary/aromatic N) is 1. The monoisotopic (exact) mass is 278 g/mol. The van der Waals surface area contributed by atoms with Gasteiger partial charge in [0, 0.05) is 19.0 Å². The van der Waals surface area contributed by atoms with Crippen LogP contribution in [0.5, 0.6) is 0 Å². The van der Waals surface area contributed by atoms with Crippen LogP contribution in [0.25, 0.3) is 0 Å². The molecule has 17 heavy (non-hydrogen) atoms. The van der Waals surface area contributed by atoms with E-state index < -0.39 is 6.04 Å². The number of likely N-dealkylation sites (N-methyl/N-ethyl adjacent to an activating group) is 1. The van der Waals surface area contributed by atoms with E-state index in [4.69, 9.17) is 10.5 Å². The van der Waals surface area contributed by atoms with Gasteiger partial charge in [-0.15, -0.1) is 23.7 Å². The van der Waals surface area contributed by atoms with E-state index in [9.17, 15) is 4.79 Å². The standard InChI is InChI=1S/C11H18N2O2S.ClH/c1-8-4-5-16-10(8)6-13(2)11(14)9(12)7-15-3;/h4-5,9H,6-7,12H2,1-3H3;1H. The molecule has 6 heteroatoms. The van der Waals surface area contributed by atoms with Gasteiger partial charge in [-0.05, 0) is 23.9 Å². The van der Waals surface area contributed by atoms with Gasteiger partial charge < -0.3 is 15.4 Å². The molecule has 4 nitrogen and oxygen atoms in total. The number of aryl methyl sites for hydroxylation is 1. The predicted octanol–water partition coefficient (Wildman–Crippen LogP) is 1.41. The van der Waals surface area contributed by atoms with E-state index in [0.717, 1.165) is 0 Å². The number of carbonyl (C=O) groups excluding carboxylic acids is 1. The van der Waals surface area contributed by atoms with Crippen LogP contribution in [0.15, 0.2) is 11.4 Å². The molecule has 1 unspecified atom stereocenters. The minimum atomic E-state index is -0.574. The van der Waals surface area contributed by atoms with Crippen molar-refractivity contribution >= 4 is 29.7 Å². The Hall–Kier alpha value is -0.620.